The van der Waals surface area contributed by atoms with Gasteiger partial charge in [-0.05, 0) is 38.1 Å². The zero-order chi connectivity index (χ0) is 17.3. The fourth-order valence-corrected chi connectivity index (χ4v) is 2.77. The summed E-state index contributed by atoms with van der Waals surface area (Å²) < 4.78 is 13.8. The molecule has 0 saturated carbocycles. The van der Waals surface area contributed by atoms with Crippen molar-refractivity contribution < 1.29 is 9.18 Å². The molecule has 0 saturated heterocycles. The van der Waals surface area contributed by atoms with Gasteiger partial charge in [-0.3, -0.25) is 9.78 Å². The second-order valence-corrected chi connectivity index (χ2v) is 6.07. The van der Waals surface area contributed by atoms with E-state index in [1.807, 2.05) is 38.1 Å². The molecule has 0 aliphatic carbocycles. The van der Waals surface area contributed by atoms with Crippen molar-refractivity contribution in [2.45, 2.75) is 20.4 Å². The number of hydrogen-bond acceptors (Lipinski definition) is 2. The first-order chi connectivity index (χ1) is 11.5. The fraction of sp³-hybridized carbons (Fsp3) is 0.200. The van der Waals surface area contributed by atoms with E-state index in [2.05, 4.69) is 4.98 Å². The van der Waals surface area contributed by atoms with E-state index in [4.69, 9.17) is 0 Å². The molecule has 0 spiro atoms. The normalized spacial score (nSPS) is 10.8. The van der Waals surface area contributed by atoms with E-state index in [-0.39, 0.29) is 18.3 Å². The van der Waals surface area contributed by atoms with E-state index in [0.29, 0.717) is 16.8 Å². The van der Waals surface area contributed by atoms with Crippen LogP contribution in [0.15, 0.2) is 48.5 Å². The maximum absolute atomic E-state index is 13.8. The van der Waals surface area contributed by atoms with E-state index < -0.39 is 0 Å². The van der Waals surface area contributed by atoms with Crippen molar-refractivity contribution in [2.24, 2.45) is 0 Å². The van der Waals surface area contributed by atoms with Crippen LogP contribution in [0.5, 0.6) is 0 Å². The Kier molecular flexibility index (Phi) is 4.30. The number of aromatic nitrogens is 1. The van der Waals surface area contributed by atoms with Crippen molar-refractivity contribution >= 4 is 16.8 Å². The van der Waals surface area contributed by atoms with Gasteiger partial charge in [-0.15, -0.1) is 0 Å². The molecule has 0 aliphatic heterocycles. The summed E-state index contributed by atoms with van der Waals surface area (Å²) in [6, 6.07) is 14.3. The van der Waals surface area contributed by atoms with Crippen LogP contribution in [0.3, 0.4) is 0 Å². The maximum Gasteiger partial charge on any atom is 0.255 e. The number of fused-ring (bicyclic) bond motifs is 1. The van der Waals surface area contributed by atoms with Crippen LogP contribution in [0.2, 0.25) is 0 Å². The van der Waals surface area contributed by atoms with Crippen molar-refractivity contribution in [3.8, 4) is 0 Å². The van der Waals surface area contributed by atoms with Crippen molar-refractivity contribution in [3.05, 3.63) is 76.7 Å². The van der Waals surface area contributed by atoms with Crippen LogP contribution >= 0.6 is 0 Å². The van der Waals surface area contributed by atoms with Gasteiger partial charge in [0.1, 0.15) is 5.82 Å². The van der Waals surface area contributed by atoms with E-state index >= 15 is 0 Å². The first-order valence-electron chi connectivity index (χ1n) is 7.82. The van der Waals surface area contributed by atoms with Gasteiger partial charge >= 0.3 is 0 Å². The van der Waals surface area contributed by atoms with Gasteiger partial charge in [0.25, 0.3) is 5.91 Å². The van der Waals surface area contributed by atoms with Gasteiger partial charge in [-0.1, -0.05) is 29.8 Å². The molecule has 0 aliphatic rings. The Labute approximate surface area is 140 Å². The third kappa shape index (κ3) is 3.13. The average molecular weight is 322 g/mol. The average Bonchev–Trinajstić information content (AvgIpc) is 2.56. The summed E-state index contributed by atoms with van der Waals surface area (Å²) in [5.41, 5.74) is 3.71. The zero-order valence-corrected chi connectivity index (χ0v) is 14.0. The number of benzene rings is 2. The van der Waals surface area contributed by atoms with Gasteiger partial charge in [-0.25, -0.2) is 4.39 Å². The number of rotatable bonds is 3. The predicted molar refractivity (Wildman–Crippen MR) is 93.4 cm³/mol. The summed E-state index contributed by atoms with van der Waals surface area (Å²) >= 11 is 0. The van der Waals surface area contributed by atoms with Crippen molar-refractivity contribution in [2.75, 3.05) is 7.05 Å². The highest BCUT2D eigenvalue weighted by atomic mass is 19.1. The van der Waals surface area contributed by atoms with E-state index in [1.165, 1.54) is 11.0 Å². The van der Waals surface area contributed by atoms with Crippen molar-refractivity contribution in [3.63, 3.8) is 0 Å². The molecule has 1 heterocycles. The van der Waals surface area contributed by atoms with Gasteiger partial charge in [-0.2, -0.15) is 0 Å². The van der Waals surface area contributed by atoms with Crippen LogP contribution in [-0.4, -0.2) is 22.8 Å². The summed E-state index contributed by atoms with van der Waals surface area (Å²) in [6.07, 6.45) is 0. The third-order valence-electron chi connectivity index (χ3n) is 4.10. The first-order valence-corrected chi connectivity index (χ1v) is 7.82. The number of amides is 1. The Hall–Kier alpha value is -2.75. The second kappa shape index (κ2) is 6.40. The highest BCUT2D eigenvalue weighted by Gasteiger charge is 2.17. The summed E-state index contributed by atoms with van der Waals surface area (Å²) in [7, 11) is 1.68. The smallest absolute Gasteiger partial charge is 0.255 e. The maximum atomic E-state index is 13.8. The van der Waals surface area contributed by atoms with Crippen LogP contribution in [-0.2, 0) is 6.54 Å². The molecule has 24 heavy (non-hydrogen) atoms. The van der Waals surface area contributed by atoms with Crippen LogP contribution < -0.4 is 0 Å². The number of nitrogens with zero attached hydrogens (tertiary/aromatic N) is 2. The molecule has 1 aromatic heterocycles. The zero-order valence-electron chi connectivity index (χ0n) is 14.0. The quantitative estimate of drug-likeness (QED) is 0.722. The van der Waals surface area contributed by atoms with Crippen molar-refractivity contribution in [1.82, 2.24) is 9.88 Å². The Morgan fingerprint density at radius 3 is 2.62 bits per heavy atom. The lowest BCUT2D eigenvalue weighted by atomic mass is 10.1. The molecule has 3 aromatic rings. The van der Waals surface area contributed by atoms with Crippen molar-refractivity contribution in [1.29, 1.82) is 0 Å². The number of aryl methyl sites for hydroxylation is 2. The summed E-state index contributed by atoms with van der Waals surface area (Å²) in [5, 5.41) is 0.934. The first kappa shape index (κ1) is 16.1. The minimum Gasteiger partial charge on any atom is -0.337 e. The Morgan fingerprint density at radius 1 is 1.12 bits per heavy atom. The molecule has 0 radical (unpaired) electrons. The Bertz CT molecular complexity index is 921. The molecule has 0 unspecified atom stereocenters. The van der Waals surface area contributed by atoms with Gasteiger partial charge in [0.2, 0.25) is 0 Å². The van der Waals surface area contributed by atoms with Crippen LogP contribution in [0.25, 0.3) is 10.9 Å². The molecule has 4 heteroatoms. The fourth-order valence-electron chi connectivity index (χ4n) is 2.77. The lowest BCUT2D eigenvalue weighted by Crippen LogP contribution is -2.27. The van der Waals surface area contributed by atoms with Gasteiger partial charge in [0.15, 0.2) is 0 Å². The predicted octanol–water partition coefficient (Wildman–Crippen LogP) is 4.26. The lowest BCUT2D eigenvalue weighted by molar-refractivity contribution is 0.0783. The molecule has 3 nitrogen and oxygen atoms in total. The number of hydrogen-bond donors (Lipinski definition) is 0. The largest absolute Gasteiger partial charge is 0.337 e. The van der Waals surface area contributed by atoms with Crippen LogP contribution in [0, 0.1) is 19.7 Å². The molecule has 2 aromatic carbocycles. The molecule has 0 atom stereocenters. The number of halogens is 1. The lowest BCUT2D eigenvalue weighted by Gasteiger charge is -2.19. The number of pyridine rings is 1. The molecular weight excluding hydrogens is 303 g/mol. The third-order valence-corrected chi connectivity index (χ3v) is 4.10. The van der Waals surface area contributed by atoms with Gasteiger partial charge in [0.05, 0.1) is 16.8 Å². The molecule has 1 amide bonds. The minimum atomic E-state index is -0.305. The molecule has 3 rings (SSSR count). The Morgan fingerprint density at radius 2 is 1.88 bits per heavy atom. The van der Waals surface area contributed by atoms with Crippen LogP contribution in [0.1, 0.15) is 27.2 Å². The topological polar surface area (TPSA) is 33.2 Å². The van der Waals surface area contributed by atoms with Gasteiger partial charge in [0, 0.05) is 24.5 Å². The highest BCUT2D eigenvalue weighted by Crippen LogP contribution is 2.20. The molecule has 0 N–H and O–H groups in total. The SMILES string of the molecule is Cc1ccc2nc(C)c(C(=O)N(C)Cc3ccccc3F)cc2c1. The standard InChI is InChI=1S/C20H19FN2O/c1-13-8-9-19-16(10-13)11-17(14(2)22-19)20(24)23(3)12-15-6-4-5-7-18(15)21/h4-11H,12H2,1-3H3. The Balaban J connectivity index is 1.92. The van der Waals surface area contributed by atoms with E-state index in [1.54, 1.807) is 25.2 Å². The monoisotopic (exact) mass is 322 g/mol. The molecule has 122 valence electrons. The minimum absolute atomic E-state index is 0.161. The summed E-state index contributed by atoms with van der Waals surface area (Å²) in [4.78, 5) is 18.8. The molecule has 0 fully saturated rings. The van der Waals surface area contributed by atoms with Gasteiger partial charge < -0.3 is 4.90 Å². The van der Waals surface area contributed by atoms with Crippen LogP contribution in [0.4, 0.5) is 4.39 Å². The van der Waals surface area contributed by atoms with E-state index in [9.17, 15) is 9.18 Å². The summed E-state index contributed by atoms with van der Waals surface area (Å²) in [5.74, 6) is -0.465. The molecular formula is C20H19FN2O. The summed E-state index contributed by atoms with van der Waals surface area (Å²) in [6.45, 7) is 4.05. The number of carbonyl (C=O) groups is 1. The van der Waals surface area contributed by atoms with E-state index in [0.717, 1.165) is 16.5 Å². The second-order valence-electron chi connectivity index (χ2n) is 6.07. The highest BCUT2D eigenvalue weighted by molar-refractivity contribution is 5.98. The number of carbonyl (C=O) groups excluding carboxylic acids is 1. The molecule has 0 bridgehead atoms.